The molecule has 6 N–H and O–H groups in total. The predicted octanol–water partition coefficient (Wildman–Crippen LogP) is 2.82. The second kappa shape index (κ2) is 16.3. The van der Waals surface area contributed by atoms with Gasteiger partial charge in [0.05, 0.1) is 24.8 Å². The van der Waals surface area contributed by atoms with Gasteiger partial charge in [0.1, 0.15) is 23.1 Å². The Morgan fingerprint density at radius 2 is 1.77 bits per heavy atom. The van der Waals surface area contributed by atoms with Crippen molar-refractivity contribution in [1.29, 1.82) is 0 Å². The van der Waals surface area contributed by atoms with Gasteiger partial charge in [-0.15, -0.1) is 0 Å². The van der Waals surface area contributed by atoms with Crippen LogP contribution in [0.3, 0.4) is 0 Å². The first-order valence-corrected chi connectivity index (χ1v) is 15.3. The minimum absolute atomic E-state index is 0.0436. The molecule has 2 aromatic carbocycles. The fourth-order valence-electron chi connectivity index (χ4n) is 4.79. The number of fused-ring (bicyclic) bond motifs is 12. The van der Waals surface area contributed by atoms with Crippen molar-refractivity contribution in [2.24, 2.45) is 5.92 Å². The molecule has 0 aromatic heterocycles. The molecule has 0 saturated heterocycles. The molecule has 242 valence electrons. The lowest BCUT2D eigenvalue weighted by atomic mass is 9.96. The minimum atomic E-state index is -1.12. The van der Waals surface area contributed by atoms with Crippen molar-refractivity contribution in [3.8, 4) is 11.5 Å². The highest BCUT2D eigenvalue weighted by atomic mass is 16.6. The third-order valence-electron chi connectivity index (χ3n) is 7.49. The Hall–Kier alpha value is -3.83. The van der Waals surface area contributed by atoms with Gasteiger partial charge >= 0.3 is 6.09 Å². The van der Waals surface area contributed by atoms with Crippen LogP contribution >= 0.6 is 0 Å². The predicted molar refractivity (Wildman–Crippen MR) is 167 cm³/mol. The van der Waals surface area contributed by atoms with Gasteiger partial charge in [-0.05, 0) is 81.3 Å². The van der Waals surface area contributed by atoms with Crippen LogP contribution in [0.4, 0.5) is 4.79 Å². The fourth-order valence-corrected chi connectivity index (χ4v) is 4.79. The van der Waals surface area contributed by atoms with E-state index >= 15 is 0 Å². The van der Waals surface area contributed by atoms with Crippen LogP contribution in [0.25, 0.3) is 0 Å². The van der Waals surface area contributed by atoms with E-state index in [0.29, 0.717) is 31.7 Å². The zero-order valence-corrected chi connectivity index (χ0v) is 26.4. The van der Waals surface area contributed by atoms with Crippen LogP contribution in [0.1, 0.15) is 58.6 Å². The Kier molecular flexibility index (Phi) is 12.8. The molecule has 2 aliphatic heterocycles. The number of aliphatic hydroxyl groups is 1. The largest absolute Gasteiger partial charge is 0.508 e. The van der Waals surface area contributed by atoms with Crippen LogP contribution in [0.15, 0.2) is 48.5 Å². The second-order valence-electron chi connectivity index (χ2n) is 12.4. The molecule has 0 radical (unpaired) electrons. The highest BCUT2D eigenvalue weighted by Gasteiger charge is 2.31. The number of aromatic hydroxyl groups is 1. The van der Waals surface area contributed by atoms with E-state index in [-0.39, 0.29) is 42.9 Å². The van der Waals surface area contributed by atoms with E-state index in [0.717, 1.165) is 11.1 Å². The zero-order chi connectivity index (χ0) is 32.3. The second-order valence-corrected chi connectivity index (χ2v) is 12.4. The number of amides is 3. The maximum absolute atomic E-state index is 13.7. The molecule has 2 aromatic rings. The summed E-state index contributed by atoms with van der Waals surface area (Å²) in [4.78, 5) is 39.4. The number of ether oxygens (including phenoxy) is 2. The molecule has 11 nitrogen and oxygen atoms in total. The average molecular weight is 613 g/mol. The number of nitrogens with one attached hydrogen (secondary N) is 4. The molecule has 0 saturated carbocycles. The van der Waals surface area contributed by atoms with Gasteiger partial charge in [-0.3, -0.25) is 9.59 Å². The highest BCUT2D eigenvalue weighted by molar-refractivity contribution is 5.90. The van der Waals surface area contributed by atoms with Crippen LogP contribution in [-0.4, -0.2) is 77.6 Å². The van der Waals surface area contributed by atoms with Gasteiger partial charge in [-0.25, -0.2) is 4.79 Å². The van der Waals surface area contributed by atoms with Crippen LogP contribution in [0.5, 0.6) is 11.5 Å². The number of phenolic OH excluding ortho intramolecular Hbond substituents is 1. The minimum Gasteiger partial charge on any atom is -0.508 e. The van der Waals surface area contributed by atoms with Gasteiger partial charge in [0.15, 0.2) is 0 Å². The summed E-state index contributed by atoms with van der Waals surface area (Å²) in [5, 5.41) is 32.8. The molecule has 3 amide bonds. The molecule has 11 heteroatoms. The Labute approximate surface area is 260 Å². The number of hydrogen-bond acceptors (Lipinski definition) is 8. The Bertz CT molecular complexity index is 1210. The number of aliphatic hydroxyl groups excluding tert-OH is 1. The number of hydrogen-bond donors (Lipinski definition) is 6. The third-order valence-corrected chi connectivity index (χ3v) is 7.49. The summed E-state index contributed by atoms with van der Waals surface area (Å²) in [5.41, 5.74) is 0.906. The number of carbonyl (C=O) groups is 3. The van der Waals surface area contributed by atoms with Crippen LogP contribution < -0.4 is 26.0 Å². The quantitative estimate of drug-likeness (QED) is 0.252. The smallest absolute Gasteiger partial charge is 0.407 e. The summed E-state index contributed by atoms with van der Waals surface area (Å²) in [6.07, 6.45) is 0.0442. The van der Waals surface area contributed by atoms with Gasteiger partial charge in [-0.1, -0.05) is 44.5 Å². The van der Waals surface area contributed by atoms with E-state index in [1.807, 2.05) is 38.1 Å². The fraction of sp³-hybridized carbons (Fsp3) is 0.545. The number of carbonyl (C=O) groups excluding carboxylic acids is 3. The summed E-state index contributed by atoms with van der Waals surface area (Å²) >= 11 is 0. The van der Waals surface area contributed by atoms with E-state index in [9.17, 15) is 24.6 Å². The first-order chi connectivity index (χ1) is 20.8. The number of alkyl carbamates (subject to hydrolysis) is 1. The van der Waals surface area contributed by atoms with Gasteiger partial charge in [0.2, 0.25) is 11.8 Å². The summed E-state index contributed by atoms with van der Waals surface area (Å²) in [6, 6.07) is 11.7. The van der Waals surface area contributed by atoms with E-state index < -0.39 is 35.9 Å². The Morgan fingerprint density at radius 1 is 1.09 bits per heavy atom. The molecule has 0 fully saturated rings. The molecule has 0 aliphatic carbocycles. The van der Waals surface area contributed by atoms with Crippen molar-refractivity contribution < 1.29 is 34.1 Å². The van der Waals surface area contributed by atoms with E-state index in [4.69, 9.17) is 9.47 Å². The Balaban J connectivity index is 1.82. The molecule has 2 aliphatic rings. The van der Waals surface area contributed by atoms with Crippen molar-refractivity contribution in [2.45, 2.75) is 90.1 Å². The SMILES string of the molecule is CCC(C)[C@@H]1NC(=O)[C@@H](NC[C@@H](O)[C@H](Cc2ccc(O)cc2)NC(=O)OC(C)(C)C)Cc2ccc(cc2)OCCCNC1=O. The summed E-state index contributed by atoms with van der Waals surface area (Å²) in [6.45, 7) is 9.95. The van der Waals surface area contributed by atoms with E-state index in [1.54, 1.807) is 32.9 Å². The number of rotatable bonds is 9. The van der Waals surface area contributed by atoms with Crippen LogP contribution in [0, 0.1) is 5.92 Å². The molecule has 0 spiro atoms. The normalized spacial score (nSPS) is 20.1. The monoisotopic (exact) mass is 612 g/mol. The maximum Gasteiger partial charge on any atom is 0.407 e. The van der Waals surface area contributed by atoms with Gasteiger partial charge < -0.3 is 41.0 Å². The molecular formula is C33H48N4O7. The molecule has 4 rings (SSSR count). The number of phenols is 1. The van der Waals surface area contributed by atoms with Crippen molar-refractivity contribution >= 4 is 17.9 Å². The van der Waals surface area contributed by atoms with E-state index in [1.165, 1.54) is 12.1 Å². The van der Waals surface area contributed by atoms with Crippen LogP contribution in [0.2, 0.25) is 0 Å². The zero-order valence-electron chi connectivity index (χ0n) is 26.4. The summed E-state index contributed by atoms with van der Waals surface area (Å²) in [7, 11) is 0. The molecule has 2 heterocycles. The lowest BCUT2D eigenvalue weighted by Crippen LogP contribution is -2.57. The first kappa shape index (κ1) is 34.7. The lowest BCUT2D eigenvalue weighted by Gasteiger charge is -2.29. The molecule has 44 heavy (non-hydrogen) atoms. The van der Waals surface area contributed by atoms with Gasteiger partial charge in [0, 0.05) is 13.1 Å². The van der Waals surface area contributed by atoms with Crippen molar-refractivity contribution in [1.82, 2.24) is 21.3 Å². The summed E-state index contributed by atoms with van der Waals surface area (Å²) < 4.78 is 11.2. The first-order valence-electron chi connectivity index (χ1n) is 15.3. The maximum atomic E-state index is 13.7. The topological polar surface area (TPSA) is 158 Å². The lowest BCUT2D eigenvalue weighted by molar-refractivity contribution is -0.131. The van der Waals surface area contributed by atoms with Crippen molar-refractivity contribution in [3.05, 3.63) is 59.7 Å². The van der Waals surface area contributed by atoms with Crippen molar-refractivity contribution in [2.75, 3.05) is 19.7 Å². The highest BCUT2D eigenvalue weighted by Crippen LogP contribution is 2.17. The average Bonchev–Trinajstić information content (AvgIpc) is 2.97. The molecule has 2 bridgehead atoms. The molecule has 5 atom stereocenters. The number of benzene rings is 2. The molecule has 1 unspecified atom stereocenters. The standard InChI is InChI=1S/C33H48N4O7/c1-6-21(2)29-31(41)34-16-7-17-43-25-14-10-23(11-15-25)19-27(30(40)37-29)35-20-28(39)26(36-32(42)44-33(3,4)5)18-22-8-12-24(38)13-9-22/h8-15,21,26-29,35,38-39H,6-7,16-20H2,1-5H3,(H,34,41)(H,36,42)(H,37,40)/t21?,26-,27-,28+,29-/m0/s1. The van der Waals surface area contributed by atoms with Gasteiger partial charge in [-0.2, -0.15) is 0 Å². The van der Waals surface area contributed by atoms with Crippen molar-refractivity contribution in [3.63, 3.8) is 0 Å². The molecular weight excluding hydrogens is 564 g/mol. The van der Waals surface area contributed by atoms with Gasteiger partial charge in [0.25, 0.3) is 0 Å². The van der Waals surface area contributed by atoms with E-state index in [2.05, 4.69) is 21.3 Å². The summed E-state index contributed by atoms with van der Waals surface area (Å²) in [5.74, 6) is 0.0669. The third kappa shape index (κ3) is 11.3. The Morgan fingerprint density at radius 3 is 2.41 bits per heavy atom. The van der Waals surface area contributed by atoms with Crippen LogP contribution in [-0.2, 0) is 27.2 Å².